The first-order chi connectivity index (χ1) is 7.20. The minimum atomic E-state index is -0.0481. The first-order valence-electron chi connectivity index (χ1n) is 4.60. The second kappa shape index (κ2) is 3.91. The molecule has 15 heavy (non-hydrogen) atoms. The first kappa shape index (κ1) is 9.99. The molecule has 2 rings (SSSR count). The zero-order valence-corrected chi connectivity index (χ0v) is 9.03. The number of aromatic nitrogens is 1. The number of ketones is 1. The highest BCUT2D eigenvalue weighted by molar-refractivity contribution is 6.34. The van der Waals surface area contributed by atoms with Crippen LogP contribution in [-0.4, -0.2) is 10.4 Å². The van der Waals surface area contributed by atoms with Crippen molar-refractivity contribution in [3.05, 3.63) is 58.9 Å². The number of aryl methyl sites for hydroxylation is 1. The Kier molecular flexibility index (Phi) is 2.60. The summed E-state index contributed by atoms with van der Waals surface area (Å²) in [7, 11) is 1.84. The zero-order valence-electron chi connectivity index (χ0n) is 8.27. The van der Waals surface area contributed by atoms with Crippen LogP contribution in [0.2, 0.25) is 5.02 Å². The van der Waals surface area contributed by atoms with E-state index in [4.69, 9.17) is 11.6 Å². The lowest BCUT2D eigenvalue weighted by Crippen LogP contribution is -2.07. The van der Waals surface area contributed by atoms with Crippen molar-refractivity contribution in [2.24, 2.45) is 7.05 Å². The average Bonchev–Trinajstić information content (AvgIpc) is 2.64. The smallest absolute Gasteiger partial charge is 0.210 e. The summed E-state index contributed by atoms with van der Waals surface area (Å²) < 4.78 is 1.78. The van der Waals surface area contributed by atoms with Crippen molar-refractivity contribution in [3.8, 4) is 0 Å². The SMILES string of the molecule is Cn1cccc1C(=O)c1ccccc1Cl. The Hall–Kier alpha value is -1.54. The van der Waals surface area contributed by atoms with E-state index in [2.05, 4.69) is 0 Å². The van der Waals surface area contributed by atoms with E-state index in [1.54, 1.807) is 22.8 Å². The van der Waals surface area contributed by atoms with Crippen molar-refractivity contribution >= 4 is 17.4 Å². The molecule has 3 heteroatoms. The number of hydrogen-bond donors (Lipinski definition) is 0. The molecule has 1 aromatic heterocycles. The van der Waals surface area contributed by atoms with Gasteiger partial charge in [-0.3, -0.25) is 4.79 Å². The summed E-state index contributed by atoms with van der Waals surface area (Å²) in [6, 6.07) is 10.7. The van der Waals surface area contributed by atoms with Gasteiger partial charge in [0.05, 0.1) is 10.7 Å². The summed E-state index contributed by atoms with van der Waals surface area (Å²) in [5, 5.41) is 0.490. The molecule has 0 fully saturated rings. The summed E-state index contributed by atoms with van der Waals surface area (Å²) >= 11 is 5.96. The third-order valence-electron chi connectivity index (χ3n) is 2.29. The number of carbonyl (C=O) groups excluding carboxylic acids is 1. The quantitative estimate of drug-likeness (QED) is 0.712. The van der Waals surface area contributed by atoms with E-state index in [0.29, 0.717) is 16.3 Å². The Morgan fingerprint density at radius 2 is 1.93 bits per heavy atom. The second-order valence-corrected chi connectivity index (χ2v) is 3.72. The van der Waals surface area contributed by atoms with Crippen molar-refractivity contribution in [1.29, 1.82) is 0 Å². The summed E-state index contributed by atoms with van der Waals surface area (Å²) in [6.07, 6.45) is 1.84. The molecule has 0 amide bonds. The number of carbonyl (C=O) groups is 1. The third-order valence-corrected chi connectivity index (χ3v) is 2.62. The molecule has 0 aliphatic heterocycles. The Balaban J connectivity index is 2.46. The Labute approximate surface area is 93.1 Å². The molecule has 1 aromatic carbocycles. The lowest BCUT2D eigenvalue weighted by molar-refractivity contribution is 0.103. The summed E-state index contributed by atoms with van der Waals surface area (Å²) in [5.41, 5.74) is 1.18. The molecule has 0 saturated carbocycles. The van der Waals surface area contributed by atoms with E-state index in [0.717, 1.165) is 0 Å². The van der Waals surface area contributed by atoms with Crippen LogP contribution in [0, 0.1) is 0 Å². The van der Waals surface area contributed by atoms with Gasteiger partial charge in [0.2, 0.25) is 5.78 Å². The van der Waals surface area contributed by atoms with Gasteiger partial charge in [-0.05, 0) is 24.3 Å². The van der Waals surface area contributed by atoms with E-state index >= 15 is 0 Å². The Morgan fingerprint density at radius 1 is 1.20 bits per heavy atom. The number of benzene rings is 1. The van der Waals surface area contributed by atoms with Crippen LogP contribution in [0.4, 0.5) is 0 Å². The number of hydrogen-bond acceptors (Lipinski definition) is 1. The fraction of sp³-hybridized carbons (Fsp3) is 0.0833. The summed E-state index contributed by atoms with van der Waals surface area (Å²) in [4.78, 5) is 12.0. The second-order valence-electron chi connectivity index (χ2n) is 3.31. The average molecular weight is 220 g/mol. The maximum atomic E-state index is 12.0. The topological polar surface area (TPSA) is 22.0 Å². The van der Waals surface area contributed by atoms with Crippen molar-refractivity contribution in [2.45, 2.75) is 0 Å². The van der Waals surface area contributed by atoms with Crippen LogP contribution in [-0.2, 0) is 7.05 Å². The third kappa shape index (κ3) is 1.81. The van der Waals surface area contributed by atoms with Crippen LogP contribution in [0.15, 0.2) is 42.6 Å². The van der Waals surface area contributed by atoms with Gasteiger partial charge < -0.3 is 4.57 Å². The normalized spacial score (nSPS) is 10.3. The summed E-state index contributed by atoms with van der Waals surface area (Å²) in [5.74, 6) is -0.0481. The Morgan fingerprint density at radius 3 is 2.53 bits per heavy atom. The van der Waals surface area contributed by atoms with Gasteiger partial charge in [-0.1, -0.05) is 23.7 Å². The van der Waals surface area contributed by atoms with Crippen LogP contribution in [0.3, 0.4) is 0 Å². The molecule has 0 aliphatic carbocycles. The number of rotatable bonds is 2. The maximum absolute atomic E-state index is 12.0. The monoisotopic (exact) mass is 219 g/mol. The number of nitrogens with zero attached hydrogens (tertiary/aromatic N) is 1. The maximum Gasteiger partial charge on any atom is 0.210 e. The predicted molar refractivity (Wildman–Crippen MR) is 60.3 cm³/mol. The van der Waals surface area contributed by atoms with Gasteiger partial charge in [0, 0.05) is 18.8 Å². The standard InChI is InChI=1S/C12H10ClNO/c1-14-8-4-7-11(14)12(15)9-5-2-3-6-10(9)13/h2-8H,1H3. The zero-order chi connectivity index (χ0) is 10.8. The highest BCUT2D eigenvalue weighted by Crippen LogP contribution is 2.18. The lowest BCUT2D eigenvalue weighted by Gasteiger charge is -2.04. The molecule has 2 nitrogen and oxygen atoms in total. The highest BCUT2D eigenvalue weighted by Gasteiger charge is 2.13. The molecule has 0 radical (unpaired) electrons. The van der Waals surface area contributed by atoms with Crippen LogP contribution in [0.5, 0.6) is 0 Å². The molecule has 76 valence electrons. The van der Waals surface area contributed by atoms with E-state index in [1.165, 1.54) is 0 Å². The fourth-order valence-electron chi connectivity index (χ4n) is 1.48. The van der Waals surface area contributed by atoms with Crippen molar-refractivity contribution < 1.29 is 4.79 Å². The fourth-order valence-corrected chi connectivity index (χ4v) is 1.70. The van der Waals surface area contributed by atoms with Crippen LogP contribution in [0.25, 0.3) is 0 Å². The molecule has 0 aliphatic rings. The molecule has 0 spiro atoms. The van der Waals surface area contributed by atoms with Crippen molar-refractivity contribution in [2.75, 3.05) is 0 Å². The molecule has 0 atom stereocenters. The molecule has 1 heterocycles. The van der Waals surface area contributed by atoms with Crippen LogP contribution < -0.4 is 0 Å². The van der Waals surface area contributed by atoms with Crippen molar-refractivity contribution in [3.63, 3.8) is 0 Å². The van der Waals surface area contributed by atoms with Gasteiger partial charge in [0.15, 0.2) is 0 Å². The highest BCUT2D eigenvalue weighted by atomic mass is 35.5. The van der Waals surface area contributed by atoms with Gasteiger partial charge in [0.1, 0.15) is 0 Å². The minimum Gasteiger partial charge on any atom is -0.348 e. The van der Waals surface area contributed by atoms with Gasteiger partial charge in [0.25, 0.3) is 0 Å². The van der Waals surface area contributed by atoms with E-state index in [-0.39, 0.29) is 5.78 Å². The molecule has 2 aromatic rings. The van der Waals surface area contributed by atoms with Gasteiger partial charge in [-0.2, -0.15) is 0 Å². The van der Waals surface area contributed by atoms with E-state index in [1.807, 2.05) is 31.4 Å². The molecule has 0 saturated heterocycles. The summed E-state index contributed by atoms with van der Waals surface area (Å²) in [6.45, 7) is 0. The molecular weight excluding hydrogens is 210 g/mol. The predicted octanol–water partition coefficient (Wildman–Crippen LogP) is 2.91. The molecule has 0 unspecified atom stereocenters. The number of halogens is 1. The van der Waals surface area contributed by atoms with Gasteiger partial charge >= 0.3 is 0 Å². The lowest BCUT2D eigenvalue weighted by atomic mass is 10.1. The molecule has 0 N–H and O–H groups in total. The van der Waals surface area contributed by atoms with Gasteiger partial charge in [-0.25, -0.2) is 0 Å². The van der Waals surface area contributed by atoms with Crippen LogP contribution >= 0.6 is 11.6 Å². The largest absolute Gasteiger partial charge is 0.348 e. The minimum absolute atomic E-state index is 0.0481. The van der Waals surface area contributed by atoms with E-state index in [9.17, 15) is 4.79 Å². The van der Waals surface area contributed by atoms with E-state index < -0.39 is 0 Å². The van der Waals surface area contributed by atoms with Crippen molar-refractivity contribution in [1.82, 2.24) is 4.57 Å². The van der Waals surface area contributed by atoms with Gasteiger partial charge in [-0.15, -0.1) is 0 Å². The molecule has 0 bridgehead atoms. The first-order valence-corrected chi connectivity index (χ1v) is 4.98. The van der Waals surface area contributed by atoms with Crippen LogP contribution in [0.1, 0.15) is 16.1 Å². The molecular formula is C12H10ClNO. The Bertz CT molecular complexity index is 502.